The second-order valence-electron chi connectivity index (χ2n) is 1.96. The van der Waals surface area contributed by atoms with Crippen LogP contribution in [0, 0.1) is 0 Å². The molecular weight excluding hydrogens is 113 g/mol. The van der Waals surface area contributed by atoms with Crippen LogP contribution in [0.2, 0.25) is 3.67 Å². The van der Waals surface area contributed by atoms with Crippen molar-refractivity contribution in [3.8, 4) is 0 Å². The van der Waals surface area contributed by atoms with Crippen molar-refractivity contribution >= 4 is 27.9 Å². The first-order chi connectivity index (χ1) is 3.85. The van der Waals surface area contributed by atoms with E-state index in [9.17, 15) is 0 Å². The van der Waals surface area contributed by atoms with Gasteiger partial charge in [-0.05, 0) is 0 Å². The van der Waals surface area contributed by atoms with Gasteiger partial charge in [0.2, 0.25) is 0 Å². The summed E-state index contributed by atoms with van der Waals surface area (Å²) in [6.45, 7) is 0.277. The molecule has 1 unspecified atom stereocenters. The maximum atomic E-state index is 8.61. The van der Waals surface area contributed by atoms with Crippen molar-refractivity contribution in [3.05, 3.63) is 0 Å². The zero-order chi connectivity index (χ0) is 6.41. The molecule has 0 aliphatic heterocycles. The van der Waals surface area contributed by atoms with Crippen LogP contribution in [0.15, 0.2) is 0 Å². The van der Waals surface area contributed by atoms with Gasteiger partial charge in [0, 0.05) is 0 Å². The fourth-order valence-corrected chi connectivity index (χ4v) is 1.37. The molecule has 0 saturated heterocycles. The summed E-state index contributed by atoms with van der Waals surface area (Å²) in [7, 11) is 1.89. The SMILES string of the molecule is CNC(CO)C[CH2][Na]. The minimum atomic E-state index is 0.277. The van der Waals surface area contributed by atoms with E-state index in [1.54, 1.807) is 0 Å². The first-order valence-electron chi connectivity index (χ1n) is 3.13. The van der Waals surface area contributed by atoms with Crippen molar-refractivity contribution < 1.29 is 5.11 Å². The van der Waals surface area contributed by atoms with Crippen LogP contribution in [0.5, 0.6) is 0 Å². The number of rotatable bonds is 4. The predicted molar refractivity (Wildman–Crippen MR) is 35.1 cm³/mol. The first-order valence-corrected chi connectivity index (χ1v) is 4.54. The van der Waals surface area contributed by atoms with Gasteiger partial charge in [0.1, 0.15) is 0 Å². The van der Waals surface area contributed by atoms with Crippen molar-refractivity contribution in [2.24, 2.45) is 0 Å². The Morgan fingerprint density at radius 1 is 1.75 bits per heavy atom. The Kier molecular flexibility index (Phi) is 6.74. The van der Waals surface area contributed by atoms with Crippen molar-refractivity contribution in [1.29, 1.82) is 0 Å². The van der Waals surface area contributed by atoms with E-state index in [0.29, 0.717) is 6.04 Å². The van der Waals surface area contributed by atoms with Crippen LogP contribution < -0.4 is 5.32 Å². The van der Waals surface area contributed by atoms with E-state index in [4.69, 9.17) is 5.11 Å². The molecule has 3 heteroatoms. The van der Waals surface area contributed by atoms with Gasteiger partial charge in [0.05, 0.1) is 0 Å². The van der Waals surface area contributed by atoms with Crippen LogP contribution >= 0.6 is 0 Å². The van der Waals surface area contributed by atoms with Gasteiger partial charge < -0.3 is 0 Å². The number of likely N-dealkylation sites (N-methyl/N-ethyl adjacent to an activating group) is 1. The van der Waals surface area contributed by atoms with Gasteiger partial charge in [-0.15, -0.1) is 0 Å². The fourth-order valence-electron chi connectivity index (χ4n) is 0.675. The van der Waals surface area contributed by atoms with Gasteiger partial charge in [-0.1, -0.05) is 0 Å². The van der Waals surface area contributed by atoms with Gasteiger partial charge in [-0.25, -0.2) is 0 Å². The molecule has 0 rings (SSSR count). The fraction of sp³-hybridized carbons (Fsp3) is 1.00. The molecule has 0 aliphatic rings. The van der Waals surface area contributed by atoms with Crippen LogP contribution in [0.3, 0.4) is 0 Å². The number of aliphatic hydroxyl groups excluding tert-OH is 1. The van der Waals surface area contributed by atoms with E-state index in [0.717, 1.165) is 6.42 Å². The van der Waals surface area contributed by atoms with Crippen LogP contribution in [0.25, 0.3) is 0 Å². The molecule has 0 aromatic rings. The van der Waals surface area contributed by atoms with Crippen molar-refractivity contribution in [2.75, 3.05) is 13.7 Å². The topological polar surface area (TPSA) is 32.3 Å². The molecule has 0 heterocycles. The Balaban J connectivity index is 3.07. The van der Waals surface area contributed by atoms with Crippen LogP contribution in [0.1, 0.15) is 6.42 Å². The Hall–Kier alpha value is 0.920. The maximum absolute atomic E-state index is 8.61. The zero-order valence-electron chi connectivity index (χ0n) is 5.65. The van der Waals surface area contributed by atoms with Crippen molar-refractivity contribution in [2.45, 2.75) is 16.1 Å². The molecule has 0 aromatic carbocycles. The molecule has 8 heavy (non-hydrogen) atoms. The van der Waals surface area contributed by atoms with E-state index in [1.807, 2.05) is 7.05 Å². The monoisotopic (exact) mass is 125 g/mol. The molecular formula is C5H12NNaO. The summed E-state index contributed by atoms with van der Waals surface area (Å²) >= 11 is 1.24. The molecule has 0 aromatic heterocycles. The molecule has 0 amide bonds. The van der Waals surface area contributed by atoms with E-state index in [-0.39, 0.29) is 6.61 Å². The number of hydrogen-bond acceptors (Lipinski definition) is 2. The molecule has 0 spiro atoms. The van der Waals surface area contributed by atoms with Crippen molar-refractivity contribution in [3.63, 3.8) is 0 Å². The van der Waals surface area contributed by atoms with Gasteiger partial charge in [0.15, 0.2) is 0 Å². The molecule has 0 bridgehead atoms. The third-order valence-corrected chi connectivity index (χ3v) is 1.84. The van der Waals surface area contributed by atoms with E-state index < -0.39 is 0 Å². The molecule has 0 fully saturated rings. The summed E-state index contributed by atoms with van der Waals surface area (Å²) in [5.41, 5.74) is 0. The third-order valence-electron chi connectivity index (χ3n) is 1.27. The first kappa shape index (κ1) is 8.92. The summed E-state index contributed by atoms with van der Waals surface area (Å²) in [6.07, 6.45) is 1.12. The summed E-state index contributed by atoms with van der Waals surface area (Å²) < 4.78 is 1.27. The minimum absolute atomic E-state index is 0.277. The van der Waals surface area contributed by atoms with E-state index in [1.165, 1.54) is 31.6 Å². The number of hydrogen-bond donors (Lipinski definition) is 2. The van der Waals surface area contributed by atoms with Crippen LogP contribution in [-0.4, -0.2) is 52.7 Å². The Labute approximate surface area is 68.1 Å². The zero-order valence-corrected chi connectivity index (χ0v) is 7.65. The molecule has 0 aliphatic carbocycles. The second-order valence-corrected chi connectivity index (χ2v) is 2.96. The Morgan fingerprint density at radius 2 is 2.38 bits per heavy atom. The Morgan fingerprint density at radius 3 is 2.50 bits per heavy atom. The average molecular weight is 125 g/mol. The van der Waals surface area contributed by atoms with Gasteiger partial charge >= 0.3 is 68.1 Å². The van der Waals surface area contributed by atoms with Crippen molar-refractivity contribution in [1.82, 2.24) is 5.32 Å². The summed E-state index contributed by atoms with van der Waals surface area (Å²) in [5, 5.41) is 11.6. The molecule has 2 nitrogen and oxygen atoms in total. The van der Waals surface area contributed by atoms with E-state index in [2.05, 4.69) is 5.32 Å². The molecule has 44 valence electrons. The molecule has 0 radical (unpaired) electrons. The number of nitrogens with one attached hydrogen (secondary N) is 1. The average Bonchev–Trinajstić information content (AvgIpc) is 1.83. The predicted octanol–water partition coefficient (Wildman–Crippen LogP) is -0.456. The normalized spacial score (nSPS) is 14.0. The second kappa shape index (κ2) is 6.05. The third kappa shape index (κ3) is 3.87. The summed E-state index contributed by atoms with van der Waals surface area (Å²) in [4.78, 5) is 0. The molecule has 2 N–H and O–H groups in total. The molecule has 0 saturated carbocycles. The van der Waals surface area contributed by atoms with Crippen LogP contribution in [-0.2, 0) is 0 Å². The molecule has 1 atom stereocenters. The van der Waals surface area contributed by atoms with Gasteiger partial charge in [-0.2, -0.15) is 0 Å². The standard InChI is InChI=1S/C5H12NO.Na/c1-3-5(4-7)6-2;/h5-7H,1,3-4H2,2H3;. The summed E-state index contributed by atoms with van der Waals surface area (Å²) in [5.74, 6) is 0. The van der Waals surface area contributed by atoms with Gasteiger partial charge in [0.25, 0.3) is 0 Å². The van der Waals surface area contributed by atoms with Gasteiger partial charge in [-0.3, -0.25) is 0 Å². The summed E-state index contributed by atoms with van der Waals surface area (Å²) in [6, 6.07) is 0.340. The number of aliphatic hydroxyl groups is 1. The Bertz CT molecular complexity index is 47.7. The van der Waals surface area contributed by atoms with Crippen LogP contribution in [0.4, 0.5) is 0 Å². The quantitative estimate of drug-likeness (QED) is 0.498. The van der Waals surface area contributed by atoms with E-state index >= 15 is 0 Å².